The Bertz CT molecular complexity index is 610. The van der Waals surface area contributed by atoms with Crippen LogP contribution in [0.5, 0.6) is 0 Å². The van der Waals surface area contributed by atoms with E-state index in [1.165, 1.54) is 16.3 Å². The first-order valence-electron chi connectivity index (χ1n) is 9.34. The Kier molecular flexibility index (Phi) is 17.3. The van der Waals surface area contributed by atoms with E-state index in [1.807, 2.05) is 85.9 Å². The van der Waals surface area contributed by atoms with Crippen LogP contribution >= 0.6 is 0 Å². The van der Waals surface area contributed by atoms with Crippen molar-refractivity contribution in [3.63, 3.8) is 0 Å². The molecule has 1 heteroatoms. The van der Waals surface area contributed by atoms with E-state index in [0.29, 0.717) is 0 Å². The quantitative estimate of drug-likeness (QED) is 0.441. The van der Waals surface area contributed by atoms with Crippen molar-refractivity contribution in [1.82, 2.24) is 4.98 Å². The summed E-state index contributed by atoms with van der Waals surface area (Å²) < 4.78 is 0. The van der Waals surface area contributed by atoms with Crippen molar-refractivity contribution in [3.05, 3.63) is 66.9 Å². The molecule has 24 heavy (non-hydrogen) atoms. The molecule has 132 valence electrons. The summed E-state index contributed by atoms with van der Waals surface area (Å²) in [5.41, 5.74) is 2.22. The van der Waals surface area contributed by atoms with Crippen molar-refractivity contribution in [2.75, 3.05) is 0 Å². The third-order valence-electron chi connectivity index (χ3n) is 2.72. The minimum absolute atomic E-state index is 1.05. The van der Waals surface area contributed by atoms with Crippen LogP contribution in [0.4, 0.5) is 0 Å². The second kappa shape index (κ2) is 17.2. The molecule has 0 bridgehead atoms. The monoisotopic (exact) mass is 325 g/mol. The molecule has 3 aromatic rings. The molecule has 0 spiro atoms. The zero-order chi connectivity index (χ0) is 18.8. The van der Waals surface area contributed by atoms with Crippen LogP contribution in [-0.4, -0.2) is 4.98 Å². The normalized spacial score (nSPS) is 8.00. The third-order valence-corrected chi connectivity index (χ3v) is 2.72. The number of hydrogen-bond donors (Lipinski definition) is 0. The SMILES string of the molecule is CC.CC.CC.CC.c1ccc(-c2nccc3ccccc23)cc1. The zero-order valence-electron chi connectivity index (χ0n) is 16.8. The summed E-state index contributed by atoms with van der Waals surface area (Å²) in [6, 6.07) is 20.7. The van der Waals surface area contributed by atoms with Gasteiger partial charge in [-0.15, -0.1) is 0 Å². The maximum Gasteiger partial charge on any atom is 0.0780 e. The molecule has 0 atom stereocenters. The Morgan fingerprint density at radius 2 is 1.04 bits per heavy atom. The molecule has 0 unspecified atom stereocenters. The van der Waals surface area contributed by atoms with Gasteiger partial charge in [0, 0.05) is 17.1 Å². The van der Waals surface area contributed by atoms with E-state index in [1.54, 1.807) is 0 Å². The van der Waals surface area contributed by atoms with Gasteiger partial charge in [-0.05, 0) is 11.5 Å². The molecule has 0 saturated carbocycles. The van der Waals surface area contributed by atoms with E-state index in [0.717, 1.165) is 5.69 Å². The van der Waals surface area contributed by atoms with Gasteiger partial charge in [0.1, 0.15) is 0 Å². The minimum atomic E-state index is 1.05. The molecule has 0 aliphatic carbocycles. The van der Waals surface area contributed by atoms with Crippen molar-refractivity contribution in [3.8, 4) is 11.3 Å². The Balaban J connectivity index is 0. The maximum absolute atomic E-state index is 4.48. The van der Waals surface area contributed by atoms with E-state index in [9.17, 15) is 0 Å². The fourth-order valence-electron chi connectivity index (χ4n) is 1.95. The topological polar surface area (TPSA) is 12.9 Å². The predicted octanol–water partition coefficient (Wildman–Crippen LogP) is 8.01. The highest BCUT2D eigenvalue weighted by atomic mass is 14.7. The standard InChI is InChI=1S/C15H11N.4C2H6/c1-2-7-13(8-3-1)15-14-9-5-4-6-12(14)10-11-16-15;4*1-2/h1-11H;4*1-2H3. The number of pyridine rings is 1. The van der Waals surface area contributed by atoms with Crippen LogP contribution in [0, 0.1) is 0 Å². The van der Waals surface area contributed by atoms with Crippen molar-refractivity contribution >= 4 is 10.8 Å². The lowest BCUT2D eigenvalue weighted by Gasteiger charge is -2.04. The summed E-state index contributed by atoms with van der Waals surface area (Å²) in [5, 5.41) is 2.44. The molecule has 1 nitrogen and oxygen atoms in total. The summed E-state index contributed by atoms with van der Waals surface area (Å²) in [6.07, 6.45) is 1.87. The summed E-state index contributed by atoms with van der Waals surface area (Å²) in [5.74, 6) is 0. The Morgan fingerprint density at radius 3 is 1.62 bits per heavy atom. The molecule has 0 amide bonds. The number of hydrogen-bond acceptors (Lipinski definition) is 1. The lowest BCUT2D eigenvalue weighted by atomic mass is 10.0. The first kappa shape index (κ1) is 24.1. The zero-order valence-corrected chi connectivity index (χ0v) is 16.8. The van der Waals surface area contributed by atoms with Crippen molar-refractivity contribution in [2.45, 2.75) is 55.4 Å². The molecule has 0 N–H and O–H groups in total. The summed E-state index contributed by atoms with van der Waals surface area (Å²) in [7, 11) is 0. The maximum atomic E-state index is 4.48. The smallest absolute Gasteiger partial charge is 0.0780 e. The largest absolute Gasteiger partial charge is 0.256 e. The Hall–Kier alpha value is -2.15. The molecular weight excluding hydrogens is 290 g/mol. The average Bonchev–Trinajstić information content (AvgIpc) is 2.74. The van der Waals surface area contributed by atoms with Gasteiger partial charge in [-0.3, -0.25) is 4.98 Å². The van der Waals surface area contributed by atoms with Gasteiger partial charge in [0.05, 0.1) is 5.69 Å². The fourth-order valence-corrected chi connectivity index (χ4v) is 1.95. The molecule has 0 saturated heterocycles. The highest BCUT2D eigenvalue weighted by Crippen LogP contribution is 2.25. The molecule has 2 aromatic carbocycles. The second-order valence-electron chi connectivity index (χ2n) is 3.75. The molecule has 0 radical (unpaired) electrons. The van der Waals surface area contributed by atoms with Crippen molar-refractivity contribution < 1.29 is 0 Å². The number of nitrogens with zero attached hydrogens (tertiary/aromatic N) is 1. The van der Waals surface area contributed by atoms with E-state index < -0.39 is 0 Å². The van der Waals surface area contributed by atoms with Crippen LogP contribution in [-0.2, 0) is 0 Å². The van der Waals surface area contributed by atoms with Gasteiger partial charge in [0.15, 0.2) is 0 Å². The number of aromatic nitrogens is 1. The molecule has 0 aliphatic heterocycles. The highest BCUT2D eigenvalue weighted by molar-refractivity contribution is 5.94. The van der Waals surface area contributed by atoms with Gasteiger partial charge in [-0.25, -0.2) is 0 Å². The molecular formula is C23H35N. The van der Waals surface area contributed by atoms with Gasteiger partial charge in [-0.1, -0.05) is 110 Å². The predicted molar refractivity (Wildman–Crippen MR) is 113 cm³/mol. The number of rotatable bonds is 1. The van der Waals surface area contributed by atoms with Crippen LogP contribution < -0.4 is 0 Å². The van der Waals surface area contributed by atoms with Crippen LogP contribution in [0.2, 0.25) is 0 Å². The van der Waals surface area contributed by atoms with Gasteiger partial charge in [-0.2, -0.15) is 0 Å². The molecule has 3 rings (SSSR count). The van der Waals surface area contributed by atoms with Gasteiger partial charge in [0.2, 0.25) is 0 Å². The first-order valence-corrected chi connectivity index (χ1v) is 9.34. The average molecular weight is 326 g/mol. The number of benzene rings is 2. The number of fused-ring (bicyclic) bond motifs is 1. The van der Waals surface area contributed by atoms with Crippen LogP contribution in [0.3, 0.4) is 0 Å². The van der Waals surface area contributed by atoms with E-state index >= 15 is 0 Å². The lowest BCUT2D eigenvalue weighted by Crippen LogP contribution is -1.84. The molecule has 1 heterocycles. The molecule has 0 fully saturated rings. The highest BCUT2D eigenvalue weighted by Gasteiger charge is 2.03. The third kappa shape index (κ3) is 7.41. The van der Waals surface area contributed by atoms with Gasteiger partial charge >= 0.3 is 0 Å². The van der Waals surface area contributed by atoms with Crippen LogP contribution in [0.15, 0.2) is 66.9 Å². The van der Waals surface area contributed by atoms with Crippen LogP contribution in [0.25, 0.3) is 22.0 Å². The summed E-state index contributed by atoms with van der Waals surface area (Å²) in [6.45, 7) is 16.0. The van der Waals surface area contributed by atoms with Gasteiger partial charge in [0.25, 0.3) is 0 Å². The van der Waals surface area contributed by atoms with E-state index in [-0.39, 0.29) is 0 Å². The molecule has 1 aromatic heterocycles. The fraction of sp³-hybridized carbons (Fsp3) is 0.348. The lowest BCUT2D eigenvalue weighted by molar-refractivity contribution is 1.36. The van der Waals surface area contributed by atoms with Gasteiger partial charge < -0.3 is 0 Å². The first-order chi connectivity index (χ1) is 11.9. The molecule has 0 aliphatic rings. The Labute approximate surface area is 149 Å². The van der Waals surface area contributed by atoms with Crippen LogP contribution in [0.1, 0.15) is 55.4 Å². The van der Waals surface area contributed by atoms with Crippen molar-refractivity contribution in [1.29, 1.82) is 0 Å². The van der Waals surface area contributed by atoms with E-state index in [2.05, 4.69) is 41.4 Å². The van der Waals surface area contributed by atoms with Crippen molar-refractivity contribution in [2.24, 2.45) is 0 Å². The van der Waals surface area contributed by atoms with E-state index in [4.69, 9.17) is 0 Å². The summed E-state index contributed by atoms with van der Waals surface area (Å²) >= 11 is 0. The second-order valence-corrected chi connectivity index (χ2v) is 3.75. The minimum Gasteiger partial charge on any atom is -0.256 e. The Morgan fingerprint density at radius 1 is 0.542 bits per heavy atom. The summed E-state index contributed by atoms with van der Waals surface area (Å²) in [4.78, 5) is 4.48.